The number of nitrogens with zero attached hydrogens (tertiary/aromatic N) is 3. The lowest BCUT2D eigenvalue weighted by atomic mass is 10.2. The first-order valence-electron chi connectivity index (χ1n) is 8.42. The largest absolute Gasteiger partial charge is 0.543 e. The molecule has 2 heterocycles. The van der Waals surface area contributed by atoms with Gasteiger partial charge in [0.2, 0.25) is 13.9 Å². The molecule has 2 aromatic heterocycles. The summed E-state index contributed by atoms with van der Waals surface area (Å²) in [6, 6.07) is 9.41. The standard InChI is InChI=1S/C19H25N3O2Si/c1-19(2,3)25(5,6)24-16-8-9-17-14(11-16)12-20-22(17)15-7-10-18(23)21(4)13-15/h7-13H,1-6H3. The molecule has 0 unspecified atom stereocenters. The number of fused-ring (bicyclic) bond motifs is 1. The Balaban J connectivity index is 1.99. The maximum atomic E-state index is 11.6. The monoisotopic (exact) mass is 355 g/mol. The fourth-order valence-electron chi connectivity index (χ4n) is 2.43. The van der Waals surface area contributed by atoms with E-state index in [1.165, 1.54) is 0 Å². The van der Waals surface area contributed by atoms with E-state index in [1.54, 1.807) is 29.9 Å². The molecule has 0 saturated carbocycles. The highest BCUT2D eigenvalue weighted by molar-refractivity contribution is 6.74. The summed E-state index contributed by atoms with van der Waals surface area (Å²) >= 11 is 0. The minimum atomic E-state index is -1.87. The van der Waals surface area contributed by atoms with Crippen LogP contribution >= 0.6 is 0 Å². The van der Waals surface area contributed by atoms with Gasteiger partial charge in [0, 0.05) is 24.7 Å². The van der Waals surface area contributed by atoms with E-state index < -0.39 is 8.32 Å². The maximum Gasteiger partial charge on any atom is 0.250 e. The predicted octanol–water partition coefficient (Wildman–Crippen LogP) is 4.11. The van der Waals surface area contributed by atoms with Crippen molar-refractivity contribution in [1.29, 1.82) is 0 Å². The molecule has 132 valence electrons. The topological polar surface area (TPSA) is 49.0 Å². The molecule has 0 bridgehead atoms. The van der Waals surface area contributed by atoms with Crippen LogP contribution in [0.25, 0.3) is 16.6 Å². The summed E-state index contributed by atoms with van der Waals surface area (Å²) in [6.45, 7) is 11.2. The normalized spacial score (nSPS) is 12.6. The number of benzene rings is 1. The third-order valence-electron chi connectivity index (χ3n) is 5.03. The molecule has 0 spiro atoms. The number of rotatable bonds is 3. The smallest absolute Gasteiger partial charge is 0.250 e. The molecule has 25 heavy (non-hydrogen) atoms. The van der Waals surface area contributed by atoms with Gasteiger partial charge in [0.05, 0.1) is 17.4 Å². The first-order valence-corrected chi connectivity index (χ1v) is 11.3. The molecule has 3 aromatic rings. The van der Waals surface area contributed by atoms with Crippen LogP contribution in [0.1, 0.15) is 20.8 Å². The number of pyridine rings is 1. The van der Waals surface area contributed by atoms with Gasteiger partial charge in [-0.1, -0.05) is 20.8 Å². The highest BCUT2D eigenvalue weighted by atomic mass is 28.4. The number of aryl methyl sites for hydroxylation is 1. The molecular formula is C19H25N3O2Si. The average Bonchev–Trinajstić information content (AvgIpc) is 2.91. The summed E-state index contributed by atoms with van der Waals surface area (Å²) in [7, 11) is -0.130. The lowest BCUT2D eigenvalue weighted by Gasteiger charge is -2.36. The van der Waals surface area contributed by atoms with Gasteiger partial charge in [-0.3, -0.25) is 4.79 Å². The highest BCUT2D eigenvalue weighted by Crippen LogP contribution is 2.37. The number of hydrogen-bond donors (Lipinski definition) is 0. The maximum absolute atomic E-state index is 11.6. The van der Waals surface area contributed by atoms with Crippen molar-refractivity contribution in [1.82, 2.24) is 14.3 Å². The molecular weight excluding hydrogens is 330 g/mol. The Kier molecular flexibility index (Phi) is 4.11. The third-order valence-corrected chi connectivity index (χ3v) is 9.39. The lowest BCUT2D eigenvalue weighted by molar-refractivity contribution is 0.493. The Bertz CT molecular complexity index is 980. The minimum Gasteiger partial charge on any atom is -0.543 e. The SMILES string of the molecule is Cn1cc(-n2ncc3cc(O[Si](C)(C)C(C)(C)C)ccc32)ccc1=O. The van der Waals surface area contributed by atoms with E-state index >= 15 is 0 Å². The van der Waals surface area contributed by atoms with Crippen LogP contribution in [0.4, 0.5) is 0 Å². The van der Waals surface area contributed by atoms with Crippen LogP contribution in [-0.2, 0) is 7.05 Å². The molecule has 6 heteroatoms. The van der Waals surface area contributed by atoms with Crippen molar-refractivity contribution in [3.05, 3.63) is 53.1 Å². The van der Waals surface area contributed by atoms with Crippen LogP contribution in [0.5, 0.6) is 5.75 Å². The van der Waals surface area contributed by atoms with Crippen LogP contribution < -0.4 is 9.99 Å². The molecule has 0 aliphatic heterocycles. The molecule has 0 fully saturated rings. The Morgan fingerprint density at radius 2 is 1.84 bits per heavy atom. The molecule has 0 aliphatic carbocycles. The van der Waals surface area contributed by atoms with Gasteiger partial charge in [-0.2, -0.15) is 5.10 Å². The van der Waals surface area contributed by atoms with Crippen LogP contribution in [0.3, 0.4) is 0 Å². The van der Waals surface area contributed by atoms with Crippen LogP contribution in [0, 0.1) is 0 Å². The molecule has 0 amide bonds. The molecule has 1 aromatic carbocycles. The third kappa shape index (κ3) is 3.26. The van der Waals surface area contributed by atoms with Gasteiger partial charge >= 0.3 is 0 Å². The first-order chi connectivity index (χ1) is 11.6. The van der Waals surface area contributed by atoms with E-state index in [9.17, 15) is 4.79 Å². The summed E-state index contributed by atoms with van der Waals surface area (Å²) in [6.07, 6.45) is 3.62. The van der Waals surface area contributed by atoms with Crippen molar-refractivity contribution in [3.63, 3.8) is 0 Å². The Labute approximate surface area is 149 Å². The molecule has 5 nitrogen and oxygen atoms in total. The molecule has 0 radical (unpaired) electrons. The van der Waals surface area contributed by atoms with Gasteiger partial charge in [0.1, 0.15) is 5.75 Å². The summed E-state index contributed by atoms with van der Waals surface area (Å²) in [5.41, 5.74) is 1.81. The highest BCUT2D eigenvalue weighted by Gasteiger charge is 2.39. The summed E-state index contributed by atoms with van der Waals surface area (Å²) in [5.74, 6) is 0.888. The van der Waals surface area contributed by atoms with Crippen molar-refractivity contribution in [3.8, 4) is 11.4 Å². The van der Waals surface area contributed by atoms with Gasteiger partial charge in [-0.05, 0) is 42.4 Å². The van der Waals surface area contributed by atoms with Crippen LogP contribution in [0.15, 0.2) is 47.5 Å². The molecule has 0 N–H and O–H groups in total. The zero-order valence-electron chi connectivity index (χ0n) is 15.7. The van der Waals surface area contributed by atoms with E-state index in [4.69, 9.17) is 4.43 Å². The van der Waals surface area contributed by atoms with Crippen molar-refractivity contribution in [2.24, 2.45) is 7.05 Å². The lowest BCUT2D eigenvalue weighted by Crippen LogP contribution is -2.43. The van der Waals surface area contributed by atoms with E-state index in [2.05, 4.69) is 39.0 Å². The van der Waals surface area contributed by atoms with Crippen molar-refractivity contribution in [2.75, 3.05) is 0 Å². The van der Waals surface area contributed by atoms with Gasteiger partial charge in [0.25, 0.3) is 0 Å². The van der Waals surface area contributed by atoms with Gasteiger partial charge < -0.3 is 8.99 Å². The van der Waals surface area contributed by atoms with Crippen LogP contribution in [0.2, 0.25) is 18.1 Å². The van der Waals surface area contributed by atoms with Gasteiger partial charge in [-0.15, -0.1) is 0 Å². The zero-order chi connectivity index (χ0) is 18.4. The molecule has 0 aliphatic rings. The van der Waals surface area contributed by atoms with Crippen LogP contribution in [-0.4, -0.2) is 22.7 Å². The van der Waals surface area contributed by atoms with Crippen molar-refractivity contribution in [2.45, 2.75) is 38.9 Å². The summed E-state index contributed by atoms with van der Waals surface area (Å²) in [5, 5.41) is 5.65. The number of hydrogen-bond acceptors (Lipinski definition) is 3. The summed E-state index contributed by atoms with van der Waals surface area (Å²) in [4.78, 5) is 11.6. The number of aromatic nitrogens is 3. The average molecular weight is 356 g/mol. The predicted molar refractivity (Wildman–Crippen MR) is 104 cm³/mol. The van der Waals surface area contributed by atoms with Gasteiger partial charge in [-0.25, -0.2) is 4.68 Å². The Hall–Kier alpha value is -2.34. The Morgan fingerprint density at radius 1 is 1.12 bits per heavy atom. The van der Waals surface area contributed by atoms with E-state index in [-0.39, 0.29) is 10.6 Å². The van der Waals surface area contributed by atoms with Crippen molar-refractivity contribution < 1.29 is 4.43 Å². The van der Waals surface area contributed by atoms with E-state index in [0.29, 0.717) is 0 Å². The van der Waals surface area contributed by atoms with Crippen molar-refractivity contribution >= 4 is 19.2 Å². The fourth-order valence-corrected chi connectivity index (χ4v) is 3.45. The molecule has 0 atom stereocenters. The van der Waals surface area contributed by atoms with E-state index in [0.717, 1.165) is 22.3 Å². The van der Waals surface area contributed by atoms with Gasteiger partial charge in [0.15, 0.2) is 0 Å². The second-order valence-electron chi connectivity index (χ2n) is 7.98. The first kappa shape index (κ1) is 17.5. The van der Waals surface area contributed by atoms with E-state index in [1.807, 2.05) is 29.1 Å². The Morgan fingerprint density at radius 3 is 2.48 bits per heavy atom. The second kappa shape index (κ2) is 5.88. The molecule has 0 saturated heterocycles. The fraction of sp³-hybridized carbons (Fsp3) is 0.368. The molecule has 3 rings (SSSR count). The quantitative estimate of drug-likeness (QED) is 0.664. The zero-order valence-corrected chi connectivity index (χ0v) is 16.7. The minimum absolute atomic E-state index is 0.0368. The summed E-state index contributed by atoms with van der Waals surface area (Å²) < 4.78 is 9.77. The second-order valence-corrected chi connectivity index (χ2v) is 12.7.